The van der Waals surface area contributed by atoms with Gasteiger partial charge in [-0.1, -0.05) is 38.0 Å². The summed E-state index contributed by atoms with van der Waals surface area (Å²) in [4.78, 5) is 12.6. The van der Waals surface area contributed by atoms with Gasteiger partial charge in [0.1, 0.15) is 0 Å². The first kappa shape index (κ1) is 19.4. The van der Waals surface area contributed by atoms with E-state index in [-0.39, 0.29) is 10.8 Å². The molecule has 0 radical (unpaired) electrons. The van der Waals surface area contributed by atoms with Crippen LogP contribution in [0.2, 0.25) is 0 Å². The maximum absolute atomic E-state index is 13.0. The summed E-state index contributed by atoms with van der Waals surface area (Å²) < 4.78 is 27.5. The van der Waals surface area contributed by atoms with Crippen molar-refractivity contribution in [3.05, 3.63) is 59.7 Å². The van der Waals surface area contributed by atoms with Crippen LogP contribution in [0.1, 0.15) is 48.5 Å². The second-order valence-corrected chi connectivity index (χ2v) is 8.66. The predicted octanol–water partition coefficient (Wildman–Crippen LogP) is 3.75. The Morgan fingerprint density at radius 1 is 1.11 bits per heavy atom. The van der Waals surface area contributed by atoms with E-state index in [2.05, 4.69) is 12.2 Å². The van der Waals surface area contributed by atoms with Crippen molar-refractivity contribution in [2.45, 2.75) is 43.9 Å². The molecule has 0 aromatic heterocycles. The molecular formula is C21H26N2O3S. The number of fused-ring (bicyclic) bond motifs is 1. The van der Waals surface area contributed by atoms with E-state index in [9.17, 15) is 13.2 Å². The number of nitrogens with zero attached hydrogens (tertiary/aromatic N) is 1. The van der Waals surface area contributed by atoms with Crippen LogP contribution in [0.5, 0.6) is 0 Å². The van der Waals surface area contributed by atoms with Crippen LogP contribution in [0.25, 0.3) is 0 Å². The molecular weight excluding hydrogens is 360 g/mol. The number of hydrogen-bond acceptors (Lipinski definition) is 3. The van der Waals surface area contributed by atoms with Crippen LogP contribution in [0.3, 0.4) is 0 Å². The van der Waals surface area contributed by atoms with Crippen LogP contribution in [0.15, 0.2) is 53.4 Å². The molecule has 1 aliphatic heterocycles. The average Bonchev–Trinajstić information content (AvgIpc) is 2.70. The Balaban J connectivity index is 1.82. The Bertz CT molecular complexity index is 895. The predicted molar refractivity (Wildman–Crippen MR) is 108 cm³/mol. The van der Waals surface area contributed by atoms with Crippen LogP contribution in [0.4, 0.5) is 5.69 Å². The average molecular weight is 387 g/mol. The monoisotopic (exact) mass is 386 g/mol. The summed E-state index contributed by atoms with van der Waals surface area (Å²) in [5.74, 6) is -0.100. The zero-order chi connectivity index (χ0) is 19.3. The van der Waals surface area contributed by atoms with Gasteiger partial charge in [0.15, 0.2) is 0 Å². The number of carbonyl (C=O) groups excluding carboxylic acids is 1. The summed E-state index contributed by atoms with van der Waals surface area (Å²) in [5, 5.41) is 2.94. The largest absolute Gasteiger partial charge is 0.352 e. The molecule has 6 heteroatoms. The van der Waals surface area contributed by atoms with Gasteiger partial charge in [-0.25, -0.2) is 8.42 Å². The fourth-order valence-electron chi connectivity index (χ4n) is 3.35. The first-order valence-electron chi connectivity index (χ1n) is 9.53. The quantitative estimate of drug-likeness (QED) is 0.737. The van der Waals surface area contributed by atoms with Gasteiger partial charge in [-0.3, -0.25) is 9.10 Å². The third-order valence-corrected chi connectivity index (χ3v) is 6.64. The van der Waals surface area contributed by atoms with Crippen molar-refractivity contribution in [1.82, 2.24) is 5.32 Å². The van der Waals surface area contributed by atoms with Gasteiger partial charge in [-0.15, -0.1) is 0 Å². The van der Waals surface area contributed by atoms with Crippen LogP contribution < -0.4 is 9.62 Å². The zero-order valence-corrected chi connectivity index (χ0v) is 16.5. The summed E-state index contributed by atoms with van der Waals surface area (Å²) in [6, 6.07) is 13.8. The molecule has 1 amide bonds. The minimum absolute atomic E-state index is 0.100. The van der Waals surface area contributed by atoms with E-state index in [0.717, 1.165) is 37.7 Å². The summed E-state index contributed by atoms with van der Waals surface area (Å²) in [7, 11) is -3.60. The molecule has 0 atom stereocenters. The van der Waals surface area contributed by atoms with E-state index in [0.29, 0.717) is 24.3 Å². The van der Waals surface area contributed by atoms with Gasteiger partial charge >= 0.3 is 0 Å². The highest BCUT2D eigenvalue weighted by Crippen LogP contribution is 2.32. The number of carbonyl (C=O) groups is 1. The number of anilines is 1. The standard InChI is InChI=1S/C21H26N2O3S/c1-2-3-7-14-22-21(24)18-12-13-20-17(16-18)9-8-15-23(20)27(25,26)19-10-5-4-6-11-19/h4-6,10-13,16H,2-3,7-9,14-15H2,1H3,(H,22,24). The molecule has 3 rings (SSSR count). The van der Waals surface area contributed by atoms with E-state index in [1.54, 1.807) is 42.5 Å². The molecule has 1 heterocycles. The molecule has 2 aromatic carbocycles. The number of aryl methyl sites for hydroxylation is 1. The van der Waals surface area contributed by atoms with Crippen molar-refractivity contribution in [3.8, 4) is 0 Å². The number of amides is 1. The van der Waals surface area contributed by atoms with Gasteiger partial charge in [0, 0.05) is 18.7 Å². The fourth-order valence-corrected chi connectivity index (χ4v) is 4.91. The van der Waals surface area contributed by atoms with Crippen molar-refractivity contribution < 1.29 is 13.2 Å². The smallest absolute Gasteiger partial charge is 0.264 e. The molecule has 2 aromatic rings. The van der Waals surface area contributed by atoms with Crippen molar-refractivity contribution in [2.75, 3.05) is 17.4 Å². The lowest BCUT2D eigenvalue weighted by Gasteiger charge is -2.30. The van der Waals surface area contributed by atoms with Gasteiger partial charge in [0.2, 0.25) is 0 Å². The number of unbranched alkanes of at least 4 members (excludes halogenated alkanes) is 2. The van der Waals surface area contributed by atoms with Crippen molar-refractivity contribution >= 4 is 21.6 Å². The number of benzene rings is 2. The molecule has 0 bridgehead atoms. The minimum Gasteiger partial charge on any atom is -0.352 e. The molecule has 0 saturated heterocycles. The summed E-state index contributed by atoms with van der Waals surface area (Å²) in [5.41, 5.74) is 2.17. The van der Waals surface area contributed by atoms with Gasteiger partial charge in [0.05, 0.1) is 10.6 Å². The number of nitrogens with one attached hydrogen (secondary N) is 1. The van der Waals surface area contributed by atoms with Gasteiger partial charge < -0.3 is 5.32 Å². The first-order valence-corrected chi connectivity index (χ1v) is 11.0. The summed E-state index contributed by atoms with van der Waals surface area (Å²) in [6.45, 7) is 3.24. The highest BCUT2D eigenvalue weighted by Gasteiger charge is 2.29. The highest BCUT2D eigenvalue weighted by atomic mass is 32.2. The Morgan fingerprint density at radius 2 is 1.89 bits per heavy atom. The molecule has 0 aliphatic carbocycles. The van der Waals surface area contributed by atoms with Crippen LogP contribution in [-0.2, 0) is 16.4 Å². The van der Waals surface area contributed by atoms with Gasteiger partial charge in [-0.2, -0.15) is 0 Å². The topological polar surface area (TPSA) is 66.5 Å². The van der Waals surface area contributed by atoms with Crippen LogP contribution in [-0.4, -0.2) is 27.4 Å². The number of hydrogen-bond donors (Lipinski definition) is 1. The molecule has 0 saturated carbocycles. The minimum atomic E-state index is -3.60. The highest BCUT2D eigenvalue weighted by molar-refractivity contribution is 7.92. The zero-order valence-electron chi connectivity index (χ0n) is 15.6. The Morgan fingerprint density at radius 3 is 2.63 bits per heavy atom. The summed E-state index contributed by atoms with van der Waals surface area (Å²) in [6.07, 6.45) is 4.68. The molecule has 0 spiro atoms. The second kappa shape index (κ2) is 8.57. The summed E-state index contributed by atoms with van der Waals surface area (Å²) >= 11 is 0. The van der Waals surface area contributed by atoms with Crippen LogP contribution in [0, 0.1) is 0 Å². The third kappa shape index (κ3) is 4.33. The Labute approximate surface area is 161 Å². The van der Waals surface area contributed by atoms with Crippen molar-refractivity contribution in [1.29, 1.82) is 0 Å². The normalized spacial score (nSPS) is 13.9. The lowest BCUT2D eigenvalue weighted by Crippen LogP contribution is -2.35. The van der Waals surface area contributed by atoms with Gasteiger partial charge in [-0.05, 0) is 55.2 Å². The maximum Gasteiger partial charge on any atom is 0.264 e. The van der Waals surface area contributed by atoms with E-state index in [1.807, 2.05) is 6.07 Å². The van der Waals surface area contributed by atoms with Gasteiger partial charge in [0.25, 0.3) is 15.9 Å². The number of sulfonamides is 1. The molecule has 1 N–H and O–H groups in total. The van der Waals surface area contributed by atoms with E-state index in [1.165, 1.54) is 4.31 Å². The molecule has 144 valence electrons. The van der Waals surface area contributed by atoms with Crippen LogP contribution >= 0.6 is 0 Å². The molecule has 1 aliphatic rings. The molecule has 27 heavy (non-hydrogen) atoms. The SMILES string of the molecule is CCCCCNC(=O)c1ccc2c(c1)CCCN2S(=O)(=O)c1ccccc1. The van der Waals surface area contributed by atoms with E-state index >= 15 is 0 Å². The second-order valence-electron chi connectivity index (χ2n) is 6.80. The Hall–Kier alpha value is -2.34. The van der Waals surface area contributed by atoms with E-state index in [4.69, 9.17) is 0 Å². The Kier molecular flexibility index (Phi) is 6.16. The lowest BCUT2D eigenvalue weighted by atomic mass is 10.0. The molecule has 5 nitrogen and oxygen atoms in total. The molecule has 0 fully saturated rings. The van der Waals surface area contributed by atoms with E-state index < -0.39 is 10.0 Å². The lowest BCUT2D eigenvalue weighted by molar-refractivity contribution is 0.0953. The van der Waals surface area contributed by atoms with Crippen molar-refractivity contribution in [3.63, 3.8) is 0 Å². The fraction of sp³-hybridized carbons (Fsp3) is 0.381. The number of rotatable bonds is 7. The molecule has 0 unspecified atom stereocenters. The first-order chi connectivity index (χ1) is 13.0. The third-order valence-electron chi connectivity index (χ3n) is 4.81. The maximum atomic E-state index is 13.0. The van der Waals surface area contributed by atoms with Crippen molar-refractivity contribution in [2.24, 2.45) is 0 Å².